The van der Waals surface area contributed by atoms with Crippen molar-refractivity contribution in [1.82, 2.24) is 4.90 Å². The summed E-state index contributed by atoms with van der Waals surface area (Å²) < 4.78 is 10.2. The minimum Gasteiger partial charge on any atom is -0.495 e. The monoisotopic (exact) mass is 376 g/mol. The summed E-state index contributed by atoms with van der Waals surface area (Å²) in [6, 6.07) is 12.0. The van der Waals surface area contributed by atoms with Crippen LogP contribution in [0.5, 0.6) is 5.75 Å². The average Bonchev–Trinajstić information content (AvgIpc) is 2.62. The van der Waals surface area contributed by atoms with Gasteiger partial charge in [-0.2, -0.15) is 0 Å². The minimum absolute atomic E-state index is 0.103. The molecule has 1 N–H and O–H groups in total. The van der Waals surface area contributed by atoms with E-state index in [1.54, 1.807) is 44.5 Å². The van der Waals surface area contributed by atoms with E-state index in [1.165, 1.54) is 12.0 Å². The number of nitrogens with one attached hydrogen (secondary N) is 1. The lowest BCUT2D eigenvalue weighted by atomic mass is 10.1. The number of anilines is 1. The molecule has 0 bridgehead atoms. The van der Waals surface area contributed by atoms with Gasteiger partial charge in [0, 0.05) is 24.7 Å². The fourth-order valence-electron chi connectivity index (χ4n) is 2.39. The molecule has 0 atom stereocenters. The normalized spacial score (nSPS) is 10.3. The number of nitrogens with zero attached hydrogens (tertiary/aromatic N) is 1. The number of benzene rings is 2. The highest BCUT2D eigenvalue weighted by Crippen LogP contribution is 2.27. The lowest BCUT2D eigenvalue weighted by Gasteiger charge is -2.18. The van der Waals surface area contributed by atoms with E-state index in [0.717, 1.165) is 5.56 Å². The zero-order valence-electron chi connectivity index (χ0n) is 14.9. The van der Waals surface area contributed by atoms with E-state index in [-0.39, 0.29) is 18.4 Å². The van der Waals surface area contributed by atoms with Gasteiger partial charge < -0.3 is 19.7 Å². The molecule has 0 unspecified atom stereocenters. The van der Waals surface area contributed by atoms with E-state index in [0.29, 0.717) is 28.6 Å². The Morgan fingerprint density at radius 3 is 2.42 bits per heavy atom. The van der Waals surface area contributed by atoms with Gasteiger partial charge in [-0.3, -0.25) is 9.59 Å². The third-order valence-electron chi connectivity index (χ3n) is 3.67. The van der Waals surface area contributed by atoms with Crippen LogP contribution in [0.4, 0.5) is 5.69 Å². The molecule has 2 amide bonds. The first kappa shape index (κ1) is 19.8. The Hall–Kier alpha value is -2.57. The molecule has 0 aliphatic rings. The van der Waals surface area contributed by atoms with E-state index in [9.17, 15) is 9.59 Å². The summed E-state index contributed by atoms with van der Waals surface area (Å²) in [5.41, 5.74) is 1.92. The van der Waals surface area contributed by atoms with Crippen LogP contribution in [0.3, 0.4) is 0 Å². The SMILES string of the molecule is COCc1ccc(C(=O)N(C)CC(=O)Nc2cc(Cl)ccc2OC)cc1. The van der Waals surface area contributed by atoms with Crippen molar-refractivity contribution in [3.8, 4) is 5.75 Å². The Bertz CT molecular complexity index is 778. The van der Waals surface area contributed by atoms with Crippen molar-refractivity contribution < 1.29 is 19.1 Å². The van der Waals surface area contributed by atoms with Gasteiger partial charge in [0.15, 0.2) is 0 Å². The molecule has 0 aliphatic carbocycles. The number of amides is 2. The first-order chi connectivity index (χ1) is 12.4. The molecule has 0 fully saturated rings. The number of hydrogen-bond acceptors (Lipinski definition) is 4. The van der Waals surface area contributed by atoms with Crippen molar-refractivity contribution in [2.75, 3.05) is 33.1 Å². The fraction of sp³-hybridized carbons (Fsp3) is 0.263. The highest BCUT2D eigenvalue weighted by atomic mass is 35.5. The van der Waals surface area contributed by atoms with Crippen molar-refractivity contribution in [1.29, 1.82) is 0 Å². The predicted octanol–water partition coefficient (Wildman–Crippen LogP) is 3.21. The molecular formula is C19H21ClN2O4. The molecule has 2 aromatic carbocycles. The molecule has 0 saturated carbocycles. The molecule has 2 aromatic rings. The van der Waals surface area contributed by atoms with Crippen LogP contribution in [0.1, 0.15) is 15.9 Å². The molecule has 7 heteroatoms. The molecule has 0 aliphatic heterocycles. The highest BCUT2D eigenvalue weighted by Gasteiger charge is 2.16. The molecule has 0 spiro atoms. The van der Waals surface area contributed by atoms with Gasteiger partial charge in [-0.15, -0.1) is 0 Å². The largest absolute Gasteiger partial charge is 0.495 e. The second-order valence-electron chi connectivity index (χ2n) is 5.68. The summed E-state index contributed by atoms with van der Waals surface area (Å²) in [6.45, 7) is 0.377. The number of ether oxygens (including phenoxy) is 2. The second kappa shape index (κ2) is 9.22. The van der Waals surface area contributed by atoms with Crippen LogP contribution in [0.25, 0.3) is 0 Å². The van der Waals surface area contributed by atoms with E-state index < -0.39 is 0 Å². The number of likely N-dealkylation sites (N-methyl/N-ethyl adjacent to an activating group) is 1. The van der Waals surface area contributed by atoms with Crippen LogP contribution in [0.2, 0.25) is 5.02 Å². The summed E-state index contributed by atoms with van der Waals surface area (Å²) in [5.74, 6) is -0.106. The van der Waals surface area contributed by atoms with Crippen LogP contribution in [0, 0.1) is 0 Å². The van der Waals surface area contributed by atoms with E-state index in [2.05, 4.69) is 5.32 Å². The van der Waals surface area contributed by atoms with Crippen molar-refractivity contribution in [2.24, 2.45) is 0 Å². The standard InChI is InChI=1S/C19H21ClN2O4/c1-22(19(24)14-6-4-13(5-7-14)12-25-2)11-18(23)21-16-10-15(20)8-9-17(16)26-3/h4-10H,11-12H2,1-3H3,(H,21,23). The van der Waals surface area contributed by atoms with Crippen LogP contribution >= 0.6 is 11.6 Å². The Labute approximate surface area is 157 Å². The summed E-state index contributed by atoms with van der Waals surface area (Å²) in [6.07, 6.45) is 0. The van der Waals surface area contributed by atoms with E-state index in [1.807, 2.05) is 12.1 Å². The number of hydrogen-bond donors (Lipinski definition) is 1. The molecule has 26 heavy (non-hydrogen) atoms. The van der Waals surface area contributed by atoms with Crippen LogP contribution in [-0.2, 0) is 16.1 Å². The topological polar surface area (TPSA) is 67.9 Å². The molecular weight excluding hydrogens is 356 g/mol. The van der Waals surface area contributed by atoms with Crippen molar-refractivity contribution in [3.05, 3.63) is 58.6 Å². The zero-order chi connectivity index (χ0) is 19.1. The third-order valence-corrected chi connectivity index (χ3v) is 3.91. The fourth-order valence-corrected chi connectivity index (χ4v) is 2.56. The smallest absolute Gasteiger partial charge is 0.254 e. The van der Waals surface area contributed by atoms with Gasteiger partial charge in [-0.1, -0.05) is 23.7 Å². The summed E-state index contributed by atoms with van der Waals surface area (Å²) in [5, 5.41) is 3.18. The molecule has 0 heterocycles. The van der Waals surface area contributed by atoms with Gasteiger partial charge in [0.05, 0.1) is 25.9 Å². The van der Waals surface area contributed by atoms with Crippen molar-refractivity contribution >= 4 is 29.1 Å². The first-order valence-corrected chi connectivity index (χ1v) is 8.29. The van der Waals surface area contributed by atoms with Gasteiger partial charge in [-0.25, -0.2) is 0 Å². The molecule has 0 aromatic heterocycles. The van der Waals surface area contributed by atoms with E-state index >= 15 is 0 Å². The number of rotatable bonds is 7. The van der Waals surface area contributed by atoms with Gasteiger partial charge >= 0.3 is 0 Å². The highest BCUT2D eigenvalue weighted by molar-refractivity contribution is 6.31. The van der Waals surface area contributed by atoms with Gasteiger partial charge in [0.1, 0.15) is 5.75 Å². The maximum atomic E-state index is 12.4. The average molecular weight is 377 g/mol. The lowest BCUT2D eigenvalue weighted by Crippen LogP contribution is -2.35. The van der Waals surface area contributed by atoms with Crippen LogP contribution in [-0.4, -0.2) is 44.5 Å². The summed E-state index contributed by atoms with van der Waals surface area (Å²) in [7, 11) is 4.68. The van der Waals surface area contributed by atoms with Gasteiger partial charge in [-0.05, 0) is 35.9 Å². The molecule has 138 valence electrons. The Morgan fingerprint density at radius 2 is 1.81 bits per heavy atom. The minimum atomic E-state index is -0.350. The Balaban J connectivity index is 2.00. The summed E-state index contributed by atoms with van der Waals surface area (Å²) in [4.78, 5) is 26.0. The second-order valence-corrected chi connectivity index (χ2v) is 6.12. The van der Waals surface area contributed by atoms with Crippen LogP contribution < -0.4 is 10.1 Å². The third kappa shape index (κ3) is 5.21. The van der Waals surface area contributed by atoms with Gasteiger partial charge in [0.25, 0.3) is 5.91 Å². The molecule has 6 nitrogen and oxygen atoms in total. The van der Waals surface area contributed by atoms with Gasteiger partial charge in [0.2, 0.25) is 5.91 Å². The predicted molar refractivity (Wildman–Crippen MR) is 101 cm³/mol. The Kier molecular flexibility index (Phi) is 7.00. The quantitative estimate of drug-likeness (QED) is 0.805. The molecule has 0 saturated heterocycles. The van der Waals surface area contributed by atoms with Crippen molar-refractivity contribution in [2.45, 2.75) is 6.61 Å². The number of halogens is 1. The maximum absolute atomic E-state index is 12.4. The van der Waals surface area contributed by atoms with Crippen LogP contribution in [0.15, 0.2) is 42.5 Å². The summed E-state index contributed by atoms with van der Waals surface area (Å²) >= 11 is 5.95. The number of carbonyl (C=O) groups is 2. The zero-order valence-corrected chi connectivity index (χ0v) is 15.7. The molecule has 2 rings (SSSR count). The lowest BCUT2D eigenvalue weighted by molar-refractivity contribution is -0.116. The van der Waals surface area contributed by atoms with Crippen molar-refractivity contribution in [3.63, 3.8) is 0 Å². The maximum Gasteiger partial charge on any atom is 0.254 e. The Morgan fingerprint density at radius 1 is 1.12 bits per heavy atom. The number of methoxy groups -OCH3 is 2. The number of carbonyl (C=O) groups excluding carboxylic acids is 2. The molecule has 0 radical (unpaired) electrons. The van der Waals surface area contributed by atoms with E-state index in [4.69, 9.17) is 21.1 Å². The first-order valence-electron chi connectivity index (χ1n) is 7.91.